The number of hydrazine groups is 1. The Morgan fingerprint density at radius 2 is 2.18 bits per heavy atom. The van der Waals surface area contributed by atoms with E-state index in [0.29, 0.717) is 5.92 Å². The number of aromatic nitrogens is 1. The molecule has 1 heterocycles. The second-order valence-corrected chi connectivity index (χ2v) is 4.21. The van der Waals surface area contributed by atoms with E-state index in [-0.39, 0.29) is 5.82 Å². The number of rotatable bonds is 3. The van der Waals surface area contributed by atoms with Crippen molar-refractivity contribution in [1.29, 1.82) is 0 Å². The fourth-order valence-corrected chi connectivity index (χ4v) is 1.85. The number of hydrogen-bond acceptors (Lipinski definition) is 3. The molecule has 0 bridgehead atoms. The first kappa shape index (κ1) is 11.8. The molecule has 1 aromatic heterocycles. The van der Waals surface area contributed by atoms with Gasteiger partial charge in [0.1, 0.15) is 5.82 Å². The Hall–Kier alpha value is -1.68. The van der Waals surface area contributed by atoms with E-state index < -0.39 is 0 Å². The number of benzene rings is 1. The van der Waals surface area contributed by atoms with Crippen molar-refractivity contribution in [3.05, 3.63) is 35.8 Å². The first-order valence-corrected chi connectivity index (χ1v) is 5.72. The maximum absolute atomic E-state index is 13.1. The van der Waals surface area contributed by atoms with Crippen molar-refractivity contribution in [2.24, 2.45) is 5.84 Å². The zero-order valence-corrected chi connectivity index (χ0v) is 10.00. The zero-order valence-electron chi connectivity index (χ0n) is 10.00. The molecule has 0 radical (unpaired) electrons. The summed E-state index contributed by atoms with van der Waals surface area (Å²) in [5, 5.41) is 0.755. The van der Waals surface area contributed by atoms with Gasteiger partial charge in [0.25, 0.3) is 0 Å². The van der Waals surface area contributed by atoms with Crippen LogP contribution in [-0.2, 0) is 0 Å². The lowest BCUT2D eigenvalue weighted by molar-refractivity contribution is 0.629. The topological polar surface area (TPSA) is 50.9 Å². The quantitative estimate of drug-likeness (QED) is 0.632. The average molecular weight is 233 g/mol. The second-order valence-electron chi connectivity index (χ2n) is 4.21. The number of nitrogen functional groups attached to an aromatic ring is 1. The van der Waals surface area contributed by atoms with Crippen molar-refractivity contribution < 1.29 is 4.39 Å². The van der Waals surface area contributed by atoms with Crippen molar-refractivity contribution in [3.63, 3.8) is 0 Å². The van der Waals surface area contributed by atoms with E-state index in [2.05, 4.69) is 24.3 Å². The van der Waals surface area contributed by atoms with Crippen LogP contribution in [0.4, 0.5) is 10.1 Å². The van der Waals surface area contributed by atoms with E-state index in [4.69, 9.17) is 5.84 Å². The molecule has 0 amide bonds. The highest BCUT2D eigenvalue weighted by Crippen LogP contribution is 2.28. The lowest BCUT2D eigenvalue weighted by Crippen LogP contribution is -2.12. The van der Waals surface area contributed by atoms with Gasteiger partial charge in [-0.2, -0.15) is 0 Å². The van der Waals surface area contributed by atoms with Gasteiger partial charge in [-0.3, -0.25) is 10.8 Å². The third kappa shape index (κ3) is 2.22. The first-order chi connectivity index (χ1) is 8.15. The van der Waals surface area contributed by atoms with Gasteiger partial charge in [-0.05, 0) is 30.7 Å². The van der Waals surface area contributed by atoms with Gasteiger partial charge < -0.3 is 5.43 Å². The SMILES string of the molecule is CCC(C)c1nc2ccc(F)cc2cc1NN. The molecule has 0 saturated carbocycles. The Morgan fingerprint density at radius 3 is 2.82 bits per heavy atom. The van der Waals surface area contributed by atoms with Crippen LogP contribution in [0, 0.1) is 5.82 Å². The van der Waals surface area contributed by atoms with Crippen LogP contribution in [-0.4, -0.2) is 4.98 Å². The third-order valence-electron chi connectivity index (χ3n) is 3.04. The van der Waals surface area contributed by atoms with Crippen molar-refractivity contribution in [2.45, 2.75) is 26.2 Å². The van der Waals surface area contributed by atoms with Gasteiger partial charge in [-0.15, -0.1) is 0 Å². The number of hydrogen-bond donors (Lipinski definition) is 2. The molecule has 0 fully saturated rings. The van der Waals surface area contributed by atoms with Crippen LogP contribution in [0.2, 0.25) is 0 Å². The lowest BCUT2D eigenvalue weighted by Gasteiger charge is -2.14. The van der Waals surface area contributed by atoms with Crippen molar-refractivity contribution >= 4 is 16.6 Å². The third-order valence-corrected chi connectivity index (χ3v) is 3.04. The number of anilines is 1. The smallest absolute Gasteiger partial charge is 0.123 e. The van der Waals surface area contributed by atoms with Gasteiger partial charge in [-0.25, -0.2) is 4.39 Å². The summed E-state index contributed by atoms with van der Waals surface area (Å²) in [6.07, 6.45) is 0.981. The molecule has 1 aromatic carbocycles. The standard InChI is InChI=1S/C13H16FN3/c1-3-8(2)13-12(17-15)7-9-6-10(14)4-5-11(9)16-13/h4-8,17H,3,15H2,1-2H3. The number of nitrogens with one attached hydrogen (secondary N) is 1. The molecule has 0 aliphatic rings. The second kappa shape index (κ2) is 4.67. The molecule has 2 rings (SSSR count). The van der Waals surface area contributed by atoms with Crippen molar-refractivity contribution in [3.8, 4) is 0 Å². The van der Waals surface area contributed by atoms with E-state index in [1.807, 2.05) is 6.07 Å². The summed E-state index contributed by atoms with van der Waals surface area (Å²) in [4.78, 5) is 4.55. The monoisotopic (exact) mass is 233 g/mol. The molecule has 2 aromatic rings. The minimum absolute atomic E-state index is 0.265. The fourth-order valence-electron chi connectivity index (χ4n) is 1.85. The number of nitrogens with zero attached hydrogens (tertiary/aromatic N) is 1. The molecule has 3 N–H and O–H groups in total. The fraction of sp³-hybridized carbons (Fsp3) is 0.308. The Kier molecular flexibility index (Phi) is 3.24. The lowest BCUT2D eigenvalue weighted by atomic mass is 10.0. The molecule has 1 unspecified atom stereocenters. The van der Waals surface area contributed by atoms with Crippen LogP contribution >= 0.6 is 0 Å². The molecular formula is C13H16FN3. The number of pyridine rings is 1. The van der Waals surface area contributed by atoms with E-state index in [1.54, 1.807) is 6.07 Å². The molecule has 0 aliphatic carbocycles. The summed E-state index contributed by atoms with van der Waals surface area (Å²) in [6.45, 7) is 4.19. The summed E-state index contributed by atoms with van der Waals surface area (Å²) in [5.74, 6) is 5.54. The highest BCUT2D eigenvalue weighted by molar-refractivity contribution is 5.82. The van der Waals surface area contributed by atoms with E-state index in [1.165, 1.54) is 12.1 Å². The summed E-state index contributed by atoms with van der Waals surface area (Å²) < 4.78 is 13.1. The molecular weight excluding hydrogens is 217 g/mol. The van der Waals surface area contributed by atoms with Crippen LogP contribution in [0.25, 0.3) is 10.9 Å². The van der Waals surface area contributed by atoms with Gasteiger partial charge in [-0.1, -0.05) is 13.8 Å². The Labute approximate surface area is 99.8 Å². The maximum Gasteiger partial charge on any atom is 0.123 e. The van der Waals surface area contributed by atoms with Gasteiger partial charge in [0.15, 0.2) is 0 Å². The highest BCUT2D eigenvalue weighted by Gasteiger charge is 2.12. The number of halogens is 1. The van der Waals surface area contributed by atoms with Gasteiger partial charge in [0.2, 0.25) is 0 Å². The summed E-state index contributed by atoms with van der Waals surface area (Å²) in [7, 11) is 0. The summed E-state index contributed by atoms with van der Waals surface area (Å²) in [5.41, 5.74) is 5.12. The predicted molar refractivity (Wildman–Crippen MR) is 68.2 cm³/mol. The van der Waals surface area contributed by atoms with Crippen molar-refractivity contribution in [1.82, 2.24) is 4.98 Å². The van der Waals surface area contributed by atoms with Crippen LogP contribution < -0.4 is 11.3 Å². The minimum atomic E-state index is -0.265. The Bertz CT molecular complexity index is 539. The summed E-state index contributed by atoms with van der Waals surface area (Å²) >= 11 is 0. The number of fused-ring (bicyclic) bond motifs is 1. The molecule has 4 heteroatoms. The van der Waals surface area contributed by atoms with Crippen molar-refractivity contribution in [2.75, 3.05) is 5.43 Å². The molecule has 1 atom stereocenters. The molecule has 0 aliphatic heterocycles. The zero-order chi connectivity index (χ0) is 12.4. The number of nitrogens with two attached hydrogens (primary N) is 1. The van der Waals surface area contributed by atoms with Crippen LogP contribution in [0.15, 0.2) is 24.3 Å². The van der Waals surface area contributed by atoms with Crippen LogP contribution in [0.5, 0.6) is 0 Å². The molecule has 0 saturated heterocycles. The van der Waals surface area contributed by atoms with E-state index >= 15 is 0 Å². The highest BCUT2D eigenvalue weighted by atomic mass is 19.1. The molecule has 3 nitrogen and oxygen atoms in total. The Balaban J connectivity index is 2.64. The van der Waals surface area contributed by atoms with E-state index in [0.717, 1.165) is 28.7 Å². The Morgan fingerprint density at radius 1 is 1.41 bits per heavy atom. The largest absolute Gasteiger partial charge is 0.322 e. The van der Waals surface area contributed by atoms with Crippen LogP contribution in [0.3, 0.4) is 0 Å². The average Bonchev–Trinajstić information content (AvgIpc) is 2.36. The van der Waals surface area contributed by atoms with Crippen LogP contribution in [0.1, 0.15) is 31.9 Å². The summed E-state index contributed by atoms with van der Waals surface area (Å²) in [6, 6.07) is 6.42. The van der Waals surface area contributed by atoms with E-state index in [9.17, 15) is 4.39 Å². The first-order valence-electron chi connectivity index (χ1n) is 5.72. The normalized spacial score (nSPS) is 12.7. The molecule has 0 spiro atoms. The van der Waals surface area contributed by atoms with Gasteiger partial charge >= 0.3 is 0 Å². The maximum atomic E-state index is 13.1. The van der Waals surface area contributed by atoms with Gasteiger partial charge in [0, 0.05) is 11.3 Å². The van der Waals surface area contributed by atoms with Gasteiger partial charge in [0.05, 0.1) is 16.9 Å². The predicted octanol–water partition coefficient (Wildman–Crippen LogP) is 3.17. The molecule has 17 heavy (non-hydrogen) atoms. The molecule has 90 valence electrons. The minimum Gasteiger partial charge on any atom is -0.322 e.